The van der Waals surface area contributed by atoms with Crippen molar-refractivity contribution in [3.8, 4) is 17.2 Å². The average molecular weight is 871 g/mol. The molecule has 11 nitrogen and oxygen atoms in total. The maximum absolute atomic E-state index is 15.3. The zero-order valence-corrected chi connectivity index (χ0v) is 36.9. The number of rotatable bonds is 20. The first kappa shape index (κ1) is 45.2. The van der Waals surface area contributed by atoms with E-state index >= 15 is 4.79 Å². The van der Waals surface area contributed by atoms with E-state index in [0.717, 1.165) is 78.9 Å². The largest absolute Gasteiger partial charge is 0.459 e. The predicted molar refractivity (Wildman–Crippen MR) is 247 cm³/mol. The Bertz CT molecular complexity index is 2320. The zero-order chi connectivity index (χ0) is 44.5. The number of amides is 1. The Balaban J connectivity index is 1.33. The number of ether oxygens (including phenoxy) is 4. The molecule has 2 heterocycles. The van der Waals surface area contributed by atoms with Crippen LogP contribution in [0.3, 0.4) is 0 Å². The molecule has 2 aliphatic carbocycles. The fourth-order valence-corrected chi connectivity index (χ4v) is 10.5. The van der Waals surface area contributed by atoms with Gasteiger partial charge in [0.2, 0.25) is 12.1 Å². The van der Waals surface area contributed by atoms with Crippen molar-refractivity contribution in [2.75, 3.05) is 33.0 Å². The van der Waals surface area contributed by atoms with Gasteiger partial charge in [0.25, 0.3) is 5.91 Å². The van der Waals surface area contributed by atoms with Crippen LogP contribution in [0.5, 0.6) is 17.2 Å². The molecule has 0 radical (unpaired) electrons. The summed E-state index contributed by atoms with van der Waals surface area (Å²) in [5.41, 5.74) is 3.71. The zero-order valence-electron chi connectivity index (χ0n) is 36.9. The van der Waals surface area contributed by atoms with Gasteiger partial charge in [-0.15, -0.1) is 6.58 Å². The first-order valence-corrected chi connectivity index (χ1v) is 23.3. The minimum atomic E-state index is -1.40. The number of nitrogens with zero attached hydrogens (tertiary/aromatic N) is 2. The van der Waals surface area contributed by atoms with Crippen LogP contribution in [0.25, 0.3) is 10.8 Å². The monoisotopic (exact) mass is 870 g/mol. The Morgan fingerprint density at radius 2 is 1.75 bits per heavy atom. The first-order chi connectivity index (χ1) is 31.4. The van der Waals surface area contributed by atoms with Crippen molar-refractivity contribution in [2.45, 2.75) is 102 Å². The average Bonchev–Trinajstić information content (AvgIpc) is 3.33. The SMILES string of the molecule is C=CCOC12Oc3ccc(Oc4cccc(C=O)c4)cc3C3C(CCCCO)C(CCCCO)C=C(C(=NOC4CCCCO4)CC1N(CCC)C(=O)c1ccc4ccccc4c1)C32. The van der Waals surface area contributed by atoms with Crippen molar-refractivity contribution in [2.24, 2.45) is 22.9 Å². The van der Waals surface area contributed by atoms with E-state index in [1.807, 2.05) is 65.6 Å². The Labute approximate surface area is 376 Å². The minimum Gasteiger partial charge on any atom is -0.459 e. The van der Waals surface area contributed by atoms with Crippen molar-refractivity contribution < 1.29 is 43.6 Å². The number of hydrogen-bond acceptors (Lipinski definition) is 10. The molecular formula is C53H62N2O9. The highest BCUT2D eigenvalue weighted by atomic mass is 16.8. The van der Waals surface area contributed by atoms with E-state index in [2.05, 4.69) is 25.6 Å². The second kappa shape index (κ2) is 21.1. The van der Waals surface area contributed by atoms with E-state index in [9.17, 15) is 15.0 Å². The molecule has 338 valence electrons. The van der Waals surface area contributed by atoms with Crippen LogP contribution < -0.4 is 9.47 Å². The van der Waals surface area contributed by atoms with Gasteiger partial charge < -0.3 is 38.9 Å². The van der Waals surface area contributed by atoms with Crippen LogP contribution in [0, 0.1) is 17.8 Å². The van der Waals surface area contributed by atoms with Crippen molar-refractivity contribution in [1.29, 1.82) is 0 Å². The highest BCUT2D eigenvalue weighted by molar-refractivity contribution is 6.04. The predicted octanol–water partition coefficient (Wildman–Crippen LogP) is 10.2. The van der Waals surface area contributed by atoms with Crippen molar-refractivity contribution in [3.05, 3.63) is 126 Å². The number of unbranched alkanes of at least 4 members (excludes halogenated alkanes) is 2. The lowest BCUT2D eigenvalue weighted by Gasteiger charge is -2.60. The molecule has 1 saturated carbocycles. The summed E-state index contributed by atoms with van der Waals surface area (Å²) < 4.78 is 27.1. The topological polar surface area (TPSA) is 136 Å². The second-order valence-corrected chi connectivity index (χ2v) is 17.5. The van der Waals surface area contributed by atoms with Gasteiger partial charge in [0, 0.05) is 55.2 Å². The van der Waals surface area contributed by atoms with Crippen LogP contribution in [-0.4, -0.2) is 84.1 Å². The van der Waals surface area contributed by atoms with Crippen LogP contribution in [-0.2, 0) is 14.3 Å². The molecule has 64 heavy (non-hydrogen) atoms. The Morgan fingerprint density at radius 3 is 2.52 bits per heavy atom. The third-order valence-electron chi connectivity index (χ3n) is 13.4. The molecule has 2 fully saturated rings. The number of carbonyl (C=O) groups excluding carboxylic acids is 2. The Morgan fingerprint density at radius 1 is 0.938 bits per heavy atom. The quantitative estimate of drug-likeness (QED) is 0.0385. The fourth-order valence-electron chi connectivity index (χ4n) is 10.5. The molecule has 7 unspecified atom stereocenters. The van der Waals surface area contributed by atoms with E-state index in [4.69, 9.17) is 28.9 Å². The molecule has 0 spiro atoms. The number of oxime groups is 1. The van der Waals surface area contributed by atoms with Crippen LogP contribution >= 0.6 is 0 Å². The summed E-state index contributed by atoms with van der Waals surface area (Å²) in [7, 11) is 0. The Hall–Kier alpha value is -5.33. The summed E-state index contributed by atoms with van der Waals surface area (Å²) in [6.07, 6.45) is 12.6. The molecule has 1 saturated heterocycles. The second-order valence-electron chi connectivity index (χ2n) is 17.5. The van der Waals surface area contributed by atoms with Gasteiger partial charge in [-0.2, -0.15) is 0 Å². The number of allylic oxidation sites excluding steroid dienone is 1. The molecule has 11 heteroatoms. The van der Waals surface area contributed by atoms with Crippen LogP contribution in [0.2, 0.25) is 0 Å². The molecule has 0 aromatic heterocycles. The van der Waals surface area contributed by atoms with Crippen molar-refractivity contribution in [3.63, 3.8) is 0 Å². The summed E-state index contributed by atoms with van der Waals surface area (Å²) >= 11 is 0. The Kier molecular flexibility index (Phi) is 14.9. The molecule has 1 amide bonds. The van der Waals surface area contributed by atoms with Gasteiger partial charge in [0.05, 0.1) is 24.8 Å². The van der Waals surface area contributed by atoms with E-state index < -0.39 is 24.0 Å². The van der Waals surface area contributed by atoms with Gasteiger partial charge >= 0.3 is 0 Å². The molecule has 4 aromatic rings. The number of carbonyl (C=O) groups is 2. The number of benzene rings is 4. The minimum absolute atomic E-state index is 0.0420. The number of fused-ring (bicyclic) bond motifs is 3. The lowest BCUT2D eigenvalue weighted by atomic mass is 9.55. The maximum atomic E-state index is 15.3. The van der Waals surface area contributed by atoms with Crippen LogP contribution in [0.15, 0.2) is 114 Å². The lowest BCUT2D eigenvalue weighted by Crippen LogP contribution is -2.70. The van der Waals surface area contributed by atoms with Gasteiger partial charge in [-0.05, 0) is 116 Å². The van der Waals surface area contributed by atoms with Crippen LogP contribution in [0.1, 0.15) is 110 Å². The van der Waals surface area contributed by atoms with E-state index in [0.29, 0.717) is 67.2 Å². The van der Waals surface area contributed by atoms with Gasteiger partial charge in [-0.1, -0.05) is 79.5 Å². The molecule has 0 bridgehead atoms. The molecule has 4 aliphatic rings. The van der Waals surface area contributed by atoms with E-state index in [-0.39, 0.29) is 43.5 Å². The standard InChI is InChI=1S/C53H62N2O9/c1-3-25-55(52(59)40-22-21-37-15-5-6-16-38(37)31-40)48-34-46(54-64-49-20-9-12-29-60-49)44-32-39(17-7-10-26-56)43(19-8-11-27-57)50-45-33-42(62-41-18-13-14-36(30-41)35-58)23-24-47(45)63-53(48,51(44)50)61-28-4-2/h4-6,13-16,18,21-24,30-33,35,39,43,48-51,56-57H,2-3,7-12,17,19-20,25-29,34H2,1H3. The molecule has 7 atom stereocenters. The van der Waals surface area contributed by atoms with E-state index in [1.165, 1.54) is 0 Å². The highest BCUT2D eigenvalue weighted by Crippen LogP contribution is 2.62. The molecule has 4 aromatic carbocycles. The highest BCUT2D eigenvalue weighted by Gasteiger charge is 2.65. The molecule has 2 N–H and O–H groups in total. The maximum Gasteiger partial charge on any atom is 0.254 e. The summed E-state index contributed by atoms with van der Waals surface area (Å²) in [5, 5.41) is 27.0. The van der Waals surface area contributed by atoms with Gasteiger partial charge in [0.15, 0.2) is 0 Å². The van der Waals surface area contributed by atoms with Gasteiger partial charge in [0.1, 0.15) is 29.6 Å². The van der Waals surface area contributed by atoms with E-state index in [1.54, 1.807) is 24.3 Å². The van der Waals surface area contributed by atoms with Crippen molar-refractivity contribution in [1.82, 2.24) is 4.90 Å². The van der Waals surface area contributed by atoms with Crippen molar-refractivity contribution >= 4 is 28.7 Å². The number of aliphatic hydroxyl groups excluding tert-OH is 2. The smallest absolute Gasteiger partial charge is 0.254 e. The molecule has 2 aliphatic heterocycles. The third kappa shape index (κ3) is 9.54. The first-order valence-electron chi connectivity index (χ1n) is 23.3. The fraction of sp³-hybridized carbons (Fsp3) is 0.453. The summed E-state index contributed by atoms with van der Waals surface area (Å²) in [6, 6.07) is 26.2. The van der Waals surface area contributed by atoms with Gasteiger partial charge in [-0.25, -0.2) is 0 Å². The van der Waals surface area contributed by atoms with Gasteiger partial charge in [-0.3, -0.25) is 9.59 Å². The summed E-state index contributed by atoms with van der Waals surface area (Å²) in [5.74, 6) is -0.366. The summed E-state index contributed by atoms with van der Waals surface area (Å²) in [4.78, 5) is 35.2. The number of aldehydes is 1. The molecular weight excluding hydrogens is 809 g/mol. The van der Waals surface area contributed by atoms with Crippen LogP contribution in [0.4, 0.5) is 0 Å². The lowest BCUT2D eigenvalue weighted by molar-refractivity contribution is -0.254. The number of aliphatic hydroxyl groups is 2. The normalized spacial score (nSPS) is 25.4. The molecule has 8 rings (SSSR count). The number of hydrogen-bond donors (Lipinski definition) is 2. The summed E-state index contributed by atoms with van der Waals surface area (Å²) in [6.45, 7) is 7.54. The third-order valence-corrected chi connectivity index (χ3v) is 13.4.